The molecule has 1 aromatic carbocycles. The third-order valence-electron chi connectivity index (χ3n) is 3.14. The van der Waals surface area contributed by atoms with Crippen LogP contribution in [0.15, 0.2) is 17.0 Å². The van der Waals surface area contributed by atoms with E-state index in [0.29, 0.717) is 0 Å². The Kier molecular flexibility index (Phi) is 3.54. The highest BCUT2D eigenvalue weighted by Gasteiger charge is 2.33. The lowest BCUT2D eigenvalue weighted by Gasteiger charge is -2.15. The van der Waals surface area contributed by atoms with Crippen LogP contribution in [0.4, 0.5) is 0 Å². The van der Waals surface area contributed by atoms with Crippen LogP contribution in [0, 0.1) is 0 Å². The number of carbonyl (C=O) groups is 1. The molecule has 0 amide bonds. The van der Waals surface area contributed by atoms with Crippen LogP contribution in [0.2, 0.25) is 0 Å². The maximum absolute atomic E-state index is 12.0. The molecule has 0 aromatic heterocycles. The molecule has 1 aliphatic carbocycles. The molecule has 0 aliphatic heterocycles. The zero-order valence-corrected chi connectivity index (χ0v) is 11.9. The summed E-state index contributed by atoms with van der Waals surface area (Å²) in [6.45, 7) is 0. The third kappa shape index (κ3) is 2.58. The van der Waals surface area contributed by atoms with E-state index in [4.69, 9.17) is 4.74 Å². The summed E-state index contributed by atoms with van der Waals surface area (Å²) in [5, 5.41) is 0. The fourth-order valence-electron chi connectivity index (χ4n) is 2.15. The molecule has 0 atom stereocenters. The molecule has 0 radical (unpaired) electrons. The topological polar surface area (TPSA) is 69.7 Å². The van der Waals surface area contributed by atoms with Gasteiger partial charge in [-0.05, 0) is 30.4 Å². The first-order valence-corrected chi connectivity index (χ1v) is 7.78. The molecule has 19 heavy (non-hydrogen) atoms. The quantitative estimate of drug-likeness (QED) is 0.788. The van der Waals surface area contributed by atoms with Gasteiger partial charge in [0, 0.05) is 6.26 Å². The molecule has 1 saturated carbocycles. The molecule has 0 unspecified atom stereocenters. The number of hydrogen-bond donors (Lipinski definition) is 0. The number of benzene rings is 1. The molecule has 2 rings (SSSR count). The Balaban J connectivity index is 2.73. The fraction of sp³-hybridized carbons (Fsp3) is 0.462. The van der Waals surface area contributed by atoms with Crippen molar-refractivity contribution in [2.45, 2.75) is 23.7 Å². The lowest BCUT2D eigenvalue weighted by atomic mass is 10.1. The number of carbonyl (C=O) groups excluding carboxylic acids is 1. The largest absolute Gasteiger partial charge is 0.494 e. The van der Waals surface area contributed by atoms with E-state index < -0.39 is 15.8 Å². The normalized spacial score (nSPS) is 15.1. The summed E-state index contributed by atoms with van der Waals surface area (Å²) in [6, 6.07) is 3.25. The van der Waals surface area contributed by atoms with Crippen molar-refractivity contribution in [2.75, 3.05) is 20.5 Å². The first-order chi connectivity index (χ1) is 8.90. The molecule has 104 valence electrons. The van der Waals surface area contributed by atoms with Crippen molar-refractivity contribution >= 4 is 15.8 Å². The average Bonchev–Trinajstić information content (AvgIpc) is 3.19. The highest BCUT2D eigenvalue weighted by Crippen LogP contribution is 2.46. The molecule has 0 N–H and O–H groups in total. The van der Waals surface area contributed by atoms with Crippen molar-refractivity contribution in [3.63, 3.8) is 0 Å². The maximum atomic E-state index is 12.0. The van der Waals surface area contributed by atoms with Gasteiger partial charge in [0.2, 0.25) is 0 Å². The predicted octanol–water partition coefficient (Wildman–Crippen LogP) is 1.76. The second kappa shape index (κ2) is 4.85. The van der Waals surface area contributed by atoms with Gasteiger partial charge in [-0.3, -0.25) is 0 Å². The van der Waals surface area contributed by atoms with Crippen LogP contribution < -0.4 is 4.74 Å². The zero-order valence-electron chi connectivity index (χ0n) is 11.1. The van der Waals surface area contributed by atoms with Crippen LogP contribution in [0.5, 0.6) is 5.75 Å². The van der Waals surface area contributed by atoms with Crippen LogP contribution in [-0.4, -0.2) is 34.9 Å². The van der Waals surface area contributed by atoms with Gasteiger partial charge in [-0.25, -0.2) is 13.2 Å². The summed E-state index contributed by atoms with van der Waals surface area (Å²) < 4.78 is 33.8. The number of methoxy groups -OCH3 is 2. The lowest BCUT2D eigenvalue weighted by Crippen LogP contribution is -2.11. The minimum absolute atomic E-state index is 0.0822. The van der Waals surface area contributed by atoms with E-state index >= 15 is 0 Å². The molecule has 0 heterocycles. The van der Waals surface area contributed by atoms with Crippen molar-refractivity contribution in [1.82, 2.24) is 0 Å². The Bertz CT molecular complexity index is 614. The summed E-state index contributed by atoms with van der Waals surface area (Å²) in [7, 11) is -0.877. The summed E-state index contributed by atoms with van der Waals surface area (Å²) >= 11 is 0. The van der Waals surface area contributed by atoms with Gasteiger partial charge in [-0.1, -0.05) is 6.07 Å². The van der Waals surface area contributed by atoms with Gasteiger partial charge in [0.15, 0.2) is 15.6 Å². The van der Waals surface area contributed by atoms with Gasteiger partial charge in [0.1, 0.15) is 10.5 Å². The Morgan fingerprint density at radius 2 is 1.89 bits per heavy atom. The van der Waals surface area contributed by atoms with Gasteiger partial charge >= 0.3 is 5.97 Å². The van der Waals surface area contributed by atoms with Gasteiger partial charge in [-0.15, -0.1) is 0 Å². The molecule has 6 heteroatoms. The smallest absolute Gasteiger partial charge is 0.341 e. The Morgan fingerprint density at radius 1 is 1.26 bits per heavy atom. The van der Waals surface area contributed by atoms with E-state index in [1.54, 1.807) is 12.1 Å². The SMILES string of the molecule is COC(=O)c1ccc(C2CC2)c(S(C)(=O)=O)c1OC. The summed E-state index contributed by atoms with van der Waals surface area (Å²) in [5.41, 5.74) is 0.863. The van der Waals surface area contributed by atoms with Gasteiger partial charge in [-0.2, -0.15) is 0 Å². The minimum Gasteiger partial charge on any atom is -0.494 e. The predicted molar refractivity (Wildman–Crippen MR) is 69.4 cm³/mol. The summed E-state index contributed by atoms with van der Waals surface area (Å²) in [5.74, 6) is -0.284. The standard InChI is InChI=1S/C13H16O5S/c1-17-11-10(13(14)18-2)7-6-9(8-4-5-8)12(11)19(3,15)16/h6-8H,4-5H2,1-3H3. The molecule has 1 fully saturated rings. The molecule has 1 aromatic rings. The van der Waals surface area contributed by atoms with Crippen molar-refractivity contribution < 1.29 is 22.7 Å². The van der Waals surface area contributed by atoms with Gasteiger partial charge < -0.3 is 9.47 Å². The zero-order chi connectivity index (χ0) is 14.2. The molecular formula is C13H16O5S. The van der Waals surface area contributed by atoms with Gasteiger partial charge in [0.05, 0.1) is 14.2 Å². The van der Waals surface area contributed by atoms with Crippen molar-refractivity contribution in [2.24, 2.45) is 0 Å². The van der Waals surface area contributed by atoms with Gasteiger partial charge in [0.25, 0.3) is 0 Å². The highest BCUT2D eigenvalue weighted by molar-refractivity contribution is 7.90. The molecule has 0 saturated heterocycles. The molecule has 1 aliphatic rings. The second-order valence-corrected chi connectivity index (χ2v) is 6.56. The van der Waals surface area contributed by atoms with E-state index in [9.17, 15) is 13.2 Å². The Hall–Kier alpha value is -1.56. The van der Waals surface area contributed by atoms with Crippen LogP contribution in [0.1, 0.15) is 34.7 Å². The van der Waals surface area contributed by atoms with E-state index in [1.807, 2.05) is 0 Å². The van der Waals surface area contributed by atoms with E-state index in [2.05, 4.69) is 4.74 Å². The number of hydrogen-bond acceptors (Lipinski definition) is 5. The van der Waals surface area contributed by atoms with E-state index in [1.165, 1.54) is 14.2 Å². The number of rotatable bonds is 4. The number of sulfone groups is 1. The Labute approximate surface area is 112 Å². The molecule has 5 nitrogen and oxygen atoms in total. The molecule has 0 spiro atoms. The fourth-order valence-corrected chi connectivity index (χ4v) is 3.34. The van der Waals surface area contributed by atoms with Crippen LogP contribution >= 0.6 is 0 Å². The first-order valence-electron chi connectivity index (χ1n) is 5.89. The van der Waals surface area contributed by atoms with E-state index in [0.717, 1.165) is 24.7 Å². The number of esters is 1. The first kappa shape index (κ1) is 13.9. The van der Waals surface area contributed by atoms with Crippen LogP contribution in [0.3, 0.4) is 0 Å². The van der Waals surface area contributed by atoms with Crippen molar-refractivity contribution in [3.8, 4) is 5.75 Å². The highest BCUT2D eigenvalue weighted by atomic mass is 32.2. The summed E-state index contributed by atoms with van der Waals surface area (Å²) in [4.78, 5) is 11.8. The second-order valence-electron chi connectivity index (χ2n) is 4.60. The van der Waals surface area contributed by atoms with Crippen molar-refractivity contribution in [1.29, 1.82) is 0 Å². The third-order valence-corrected chi connectivity index (χ3v) is 4.30. The molecular weight excluding hydrogens is 268 g/mol. The average molecular weight is 284 g/mol. The Morgan fingerprint density at radius 3 is 2.32 bits per heavy atom. The van der Waals surface area contributed by atoms with Crippen LogP contribution in [-0.2, 0) is 14.6 Å². The maximum Gasteiger partial charge on any atom is 0.341 e. The molecule has 0 bridgehead atoms. The van der Waals surface area contributed by atoms with E-state index in [-0.39, 0.29) is 22.1 Å². The monoisotopic (exact) mass is 284 g/mol. The summed E-state index contributed by atoms with van der Waals surface area (Å²) in [6.07, 6.45) is 3.05. The van der Waals surface area contributed by atoms with Crippen LogP contribution in [0.25, 0.3) is 0 Å². The minimum atomic E-state index is -3.48. The number of ether oxygens (including phenoxy) is 2. The lowest BCUT2D eigenvalue weighted by molar-refractivity contribution is 0.0596. The van der Waals surface area contributed by atoms with Crippen molar-refractivity contribution in [3.05, 3.63) is 23.3 Å².